The topological polar surface area (TPSA) is 118 Å². The Hall–Kier alpha value is -3.72. The van der Waals surface area contributed by atoms with Crippen molar-refractivity contribution in [2.24, 2.45) is 7.05 Å². The van der Waals surface area contributed by atoms with Crippen molar-refractivity contribution in [2.45, 2.75) is 26.7 Å². The van der Waals surface area contributed by atoms with Crippen LogP contribution in [0.15, 0.2) is 41.3 Å². The maximum atomic E-state index is 13.0. The van der Waals surface area contributed by atoms with E-state index in [1.807, 2.05) is 13.8 Å². The molecule has 2 aromatic heterocycles. The maximum absolute atomic E-state index is 13.0. The van der Waals surface area contributed by atoms with Crippen molar-refractivity contribution in [3.63, 3.8) is 0 Å². The molecule has 162 valence electrons. The van der Waals surface area contributed by atoms with Gasteiger partial charge in [0.15, 0.2) is 5.78 Å². The van der Waals surface area contributed by atoms with Gasteiger partial charge in [-0.1, -0.05) is 12.1 Å². The summed E-state index contributed by atoms with van der Waals surface area (Å²) in [6.07, 6.45) is 4.55. The van der Waals surface area contributed by atoms with Crippen LogP contribution in [0.4, 0.5) is 5.95 Å². The molecule has 3 aromatic rings. The Morgan fingerprint density at radius 3 is 2.45 bits per heavy atom. The number of ketones is 1. The fourth-order valence-electron chi connectivity index (χ4n) is 3.03. The molecule has 1 aromatic carbocycles. The number of fused-ring (bicyclic) bond motifs is 1. The quantitative estimate of drug-likeness (QED) is 0.351. The minimum Gasteiger partial charge on any atom is -0.465 e. The molecule has 0 saturated carbocycles. The Bertz CT molecular complexity index is 1220. The van der Waals surface area contributed by atoms with E-state index in [0.29, 0.717) is 27.7 Å². The van der Waals surface area contributed by atoms with Gasteiger partial charge in [0.1, 0.15) is 12.4 Å². The number of aryl methyl sites for hydroxylation is 1. The number of esters is 1. The van der Waals surface area contributed by atoms with Crippen LogP contribution in [0.25, 0.3) is 17.1 Å². The first-order chi connectivity index (χ1) is 14.7. The smallest absolute Gasteiger partial charge is 0.337 e. The number of allylic oxidation sites excluding steroid dienone is 1. The third-order valence-corrected chi connectivity index (χ3v) is 4.68. The van der Waals surface area contributed by atoms with Gasteiger partial charge in [-0.15, -0.1) is 0 Å². The molecule has 0 saturated heterocycles. The minimum atomic E-state index is -0.477. The largest absolute Gasteiger partial charge is 0.465 e. The molecule has 9 nitrogen and oxygen atoms in total. The van der Waals surface area contributed by atoms with Gasteiger partial charge in [-0.3, -0.25) is 14.2 Å². The first-order valence-electron chi connectivity index (χ1n) is 9.60. The third kappa shape index (κ3) is 4.56. The minimum absolute atomic E-state index is 0.0191. The average molecular weight is 424 g/mol. The average Bonchev–Trinajstić information content (AvgIpc) is 3.06. The summed E-state index contributed by atoms with van der Waals surface area (Å²) in [7, 11) is 3.04. The predicted octanol–water partition coefficient (Wildman–Crippen LogP) is 2.38. The normalized spacial score (nSPS) is 11.5. The molecule has 3 rings (SSSR count). The fraction of sp³-hybridized carbons (Fsp3) is 0.273. The number of aromatic nitrogens is 3. The zero-order valence-electron chi connectivity index (χ0n) is 17.8. The number of nitrogen functional groups attached to an aromatic ring is 1. The number of ether oxygens (including phenoxy) is 2. The number of benzene rings is 1. The Kier molecular flexibility index (Phi) is 6.36. The number of rotatable bonds is 7. The highest BCUT2D eigenvalue weighted by Gasteiger charge is 2.16. The van der Waals surface area contributed by atoms with Crippen LogP contribution in [0.1, 0.15) is 40.1 Å². The first kappa shape index (κ1) is 22.0. The van der Waals surface area contributed by atoms with E-state index in [4.69, 9.17) is 10.5 Å². The standard InChI is InChI=1S/C22H24N4O5/c1-13(2)31-12-26-20(28)18-16(11-25(3)19(18)24-22(26)23)9-10-17(27)14-5-7-15(8-6-14)21(29)30-4/h5-11,13H,12H2,1-4H3,(H2,23,24). The lowest BCUT2D eigenvalue weighted by atomic mass is 10.1. The summed E-state index contributed by atoms with van der Waals surface area (Å²) in [6.45, 7) is 3.69. The van der Waals surface area contributed by atoms with Crippen LogP contribution in [0, 0.1) is 0 Å². The summed E-state index contributed by atoms with van der Waals surface area (Å²) in [4.78, 5) is 41.4. The van der Waals surface area contributed by atoms with Crippen molar-refractivity contribution in [1.29, 1.82) is 0 Å². The molecule has 2 N–H and O–H groups in total. The summed E-state index contributed by atoms with van der Waals surface area (Å²) in [5, 5.41) is 0.342. The second-order valence-corrected chi connectivity index (χ2v) is 7.21. The molecule has 31 heavy (non-hydrogen) atoms. The van der Waals surface area contributed by atoms with Crippen molar-refractivity contribution in [1.82, 2.24) is 14.1 Å². The van der Waals surface area contributed by atoms with Crippen LogP contribution >= 0.6 is 0 Å². The van der Waals surface area contributed by atoms with E-state index in [1.165, 1.54) is 29.9 Å². The van der Waals surface area contributed by atoms with Gasteiger partial charge in [-0.05, 0) is 38.1 Å². The Labute approximate surface area is 178 Å². The highest BCUT2D eigenvalue weighted by molar-refractivity contribution is 6.08. The van der Waals surface area contributed by atoms with Crippen molar-refractivity contribution in [3.05, 3.63) is 63.6 Å². The molecule has 2 heterocycles. The van der Waals surface area contributed by atoms with E-state index in [-0.39, 0.29) is 30.1 Å². The molecule has 0 radical (unpaired) electrons. The van der Waals surface area contributed by atoms with Crippen LogP contribution in [0.3, 0.4) is 0 Å². The summed E-state index contributed by atoms with van der Waals surface area (Å²) in [6, 6.07) is 6.12. The van der Waals surface area contributed by atoms with Gasteiger partial charge < -0.3 is 19.8 Å². The molecule has 0 fully saturated rings. The fourth-order valence-corrected chi connectivity index (χ4v) is 3.03. The molecule has 0 bridgehead atoms. The monoisotopic (exact) mass is 424 g/mol. The number of hydrogen-bond acceptors (Lipinski definition) is 7. The number of nitrogens with two attached hydrogens (primary N) is 1. The van der Waals surface area contributed by atoms with Gasteiger partial charge in [-0.2, -0.15) is 4.98 Å². The zero-order valence-corrected chi connectivity index (χ0v) is 17.8. The summed E-state index contributed by atoms with van der Waals surface area (Å²) in [5.41, 5.74) is 7.30. The van der Waals surface area contributed by atoms with Crippen molar-refractivity contribution in [3.8, 4) is 0 Å². The number of methoxy groups -OCH3 is 1. The van der Waals surface area contributed by atoms with Crippen LogP contribution in [-0.4, -0.2) is 39.1 Å². The number of nitrogens with zero attached hydrogens (tertiary/aromatic N) is 3. The van der Waals surface area contributed by atoms with E-state index in [0.717, 1.165) is 0 Å². The Balaban J connectivity index is 1.94. The van der Waals surface area contributed by atoms with Crippen LogP contribution in [0.2, 0.25) is 0 Å². The maximum Gasteiger partial charge on any atom is 0.337 e. The van der Waals surface area contributed by atoms with E-state index in [1.54, 1.807) is 36.0 Å². The van der Waals surface area contributed by atoms with Gasteiger partial charge in [0.2, 0.25) is 5.95 Å². The lowest BCUT2D eigenvalue weighted by molar-refractivity contribution is 0.0279. The van der Waals surface area contributed by atoms with E-state index in [2.05, 4.69) is 9.72 Å². The number of anilines is 1. The lowest BCUT2D eigenvalue weighted by Crippen LogP contribution is -2.27. The van der Waals surface area contributed by atoms with Crippen molar-refractivity contribution < 1.29 is 19.1 Å². The molecule has 0 aliphatic rings. The highest BCUT2D eigenvalue weighted by Crippen LogP contribution is 2.19. The molecule has 0 spiro atoms. The SMILES string of the molecule is COC(=O)c1ccc(C(=O)C=Cc2cn(C)c3nc(N)n(COC(C)C)c(=O)c23)cc1. The Morgan fingerprint density at radius 2 is 1.84 bits per heavy atom. The number of carbonyl (C=O) groups is 2. The number of hydrogen-bond donors (Lipinski definition) is 1. The molecule has 0 aliphatic heterocycles. The summed E-state index contributed by atoms with van der Waals surface area (Å²) >= 11 is 0. The molecular weight excluding hydrogens is 400 g/mol. The molecule has 0 amide bonds. The molecule has 0 aliphatic carbocycles. The van der Waals surface area contributed by atoms with Gasteiger partial charge in [-0.25, -0.2) is 4.79 Å². The van der Waals surface area contributed by atoms with Gasteiger partial charge in [0.05, 0.1) is 24.2 Å². The second kappa shape index (κ2) is 8.97. The predicted molar refractivity (Wildman–Crippen MR) is 117 cm³/mol. The molecular formula is C22H24N4O5. The van der Waals surface area contributed by atoms with Crippen molar-refractivity contribution >= 4 is 34.8 Å². The van der Waals surface area contributed by atoms with Crippen LogP contribution in [-0.2, 0) is 23.3 Å². The molecule has 9 heteroatoms. The van der Waals surface area contributed by atoms with Crippen molar-refractivity contribution in [2.75, 3.05) is 12.8 Å². The number of carbonyl (C=O) groups excluding carboxylic acids is 2. The molecule has 0 unspecified atom stereocenters. The van der Waals surface area contributed by atoms with Gasteiger partial charge in [0, 0.05) is 24.4 Å². The van der Waals surface area contributed by atoms with E-state index >= 15 is 0 Å². The van der Waals surface area contributed by atoms with Crippen LogP contribution < -0.4 is 11.3 Å². The molecule has 0 atom stereocenters. The van der Waals surface area contributed by atoms with E-state index in [9.17, 15) is 14.4 Å². The Morgan fingerprint density at radius 1 is 1.19 bits per heavy atom. The zero-order chi connectivity index (χ0) is 22.7. The van der Waals surface area contributed by atoms with Gasteiger partial charge >= 0.3 is 5.97 Å². The first-order valence-corrected chi connectivity index (χ1v) is 9.60. The summed E-state index contributed by atoms with van der Waals surface area (Å²) in [5.74, 6) is -0.702. The second-order valence-electron chi connectivity index (χ2n) is 7.21. The highest BCUT2D eigenvalue weighted by atomic mass is 16.5. The third-order valence-electron chi connectivity index (χ3n) is 4.68. The van der Waals surface area contributed by atoms with Crippen LogP contribution in [0.5, 0.6) is 0 Å². The van der Waals surface area contributed by atoms with Gasteiger partial charge in [0.25, 0.3) is 5.56 Å². The lowest BCUT2D eigenvalue weighted by Gasteiger charge is -2.12. The van der Waals surface area contributed by atoms with E-state index < -0.39 is 5.97 Å². The summed E-state index contributed by atoms with van der Waals surface area (Å²) < 4.78 is 13.1.